The molecule has 1 fully saturated rings. The van der Waals surface area contributed by atoms with Crippen LogP contribution < -0.4 is 0 Å². The van der Waals surface area contributed by atoms with Gasteiger partial charge in [-0.05, 0) is 75.4 Å². The quantitative estimate of drug-likeness (QED) is 0.390. The van der Waals surface area contributed by atoms with Crippen LogP contribution in [-0.2, 0) is 34.1 Å². The van der Waals surface area contributed by atoms with Crippen LogP contribution in [0.1, 0.15) is 74.6 Å². The molecule has 0 saturated carbocycles. The lowest BCUT2D eigenvalue weighted by Gasteiger charge is -2.31. The van der Waals surface area contributed by atoms with E-state index in [1.807, 2.05) is 56.0 Å². The predicted octanol–water partition coefficient (Wildman–Crippen LogP) is 5.65. The van der Waals surface area contributed by atoms with Crippen LogP contribution in [0.15, 0.2) is 47.4 Å². The first-order valence-corrected chi connectivity index (χ1v) is 16.2. The molecule has 220 valence electrons. The van der Waals surface area contributed by atoms with E-state index in [2.05, 4.69) is 11.5 Å². The summed E-state index contributed by atoms with van der Waals surface area (Å²) in [5.41, 5.74) is 4.21. The molecule has 0 spiro atoms. The SMILES string of the molecule is CCS(=O)(=O)c1ccc(Cn2c3c(c4cc(C(=O)N5CCC(C)CC5)ccc42)CN(C(=O)OC(C)(C)C)CC3)cc1. The molecule has 2 aliphatic rings. The van der Waals surface area contributed by atoms with Crippen LogP contribution in [0.2, 0.25) is 0 Å². The fraction of sp³-hybridized carbons (Fsp3) is 0.500. The zero-order valence-corrected chi connectivity index (χ0v) is 25.6. The third-order valence-electron chi connectivity index (χ3n) is 8.23. The molecule has 0 atom stereocenters. The van der Waals surface area contributed by atoms with Crippen LogP contribution in [0.5, 0.6) is 0 Å². The first-order chi connectivity index (χ1) is 19.4. The number of hydrogen-bond donors (Lipinski definition) is 0. The van der Waals surface area contributed by atoms with Gasteiger partial charge in [0.05, 0.1) is 17.2 Å². The molecule has 2 aliphatic heterocycles. The number of benzene rings is 2. The number of ether oxygens (including phenoxy) is 1. The second-order valence-corrected chi connectivity index (χ2v) is 14.7. The average Bonchev–Trinajstić information content (AvgIpc) is 3.24. The van der Waals surface area contributed by atoms with Crippen LogP contribution in [-0.4, -0.2) is 65.8 Å². The van der Waals surface area contributed by atoms with Crippen molar-refractivity contribution in [1.29, 1.82) is 0 Å². The van der Waals surface area contributed by atoms with Gasteiger partial charge in [-0.3, -0.25) is 4.79 Å². The Balaban J connectivity index is 1.52. The van der Waals surface area contributed by atoms with Gasteiger partial charge < -0.3 is 19.1 Å². The van der Waals surface area contributed by atoms with Crippen LogP contribution >= 0.6 is 0 Å². The molecular weight excluding hydrogens is 538 g/mol. The molecule has 0 radical (unpaired) electrons. The molecule has 3 heterocycles. The Hall–Kier alpha value is -3.33. The highest BCUT2D eigenvalue weighted by atomic mass is 32.2. The van der Waals surface area contributed by atoms with Gasteiger partial charge in [0.2, 0.25) is 0 Å². The van der Waals surface area contributed by atoms with Crippen molar-refractivity contribution in [2.75, 3.05) is 25.4 Å². The maximum absolute atomic E-state index is 13.5. The topological polar surface area (TPSA) is 88.9 Å². The number of amides is 2. The second-order valence-electron chi connectivity index (χ2n) is 12.4. The Morgan fingerprint density at radius 3 is 2.29 bits per heavy atom. The number of aromatic nitrogens is 1. The molecule has 9 heteroatoms. The number of likely N-dealkylation sites (tertiary alicyclic amines) is 1. The summed E-state index contributed by atoms with van der Waals surface area (Å²) in [5.74, 6) is 0.749. The highest BCUT2D eigenvalue weighted by Gasteiger charge is 2.30. The van der Waals surface area contributed by atoms with E-state index in [4.69, 9.17) is 4.74 Å². The maximum atomic E-state index is 13.5. The molecule has 1 aromatic heterocycles. The summed E-state index contributed by atoms with van der Waals surface area (Å²) in [7, 11) is -3.27. The smallest absolute Gasteiger partial charge is 0.410 e. The van der Waals surface area contributed by atoms with Gasteiger partial charge in [-0.2, -0.15) is 0 Å². The zero-order valence-electron chi connectivity index (χ0n) is 24.8. The van der Waals surface area contributed by atoms with E-state index in [9.17, 15) is 18.0 Å². The fourth-order valence-corrected chi connectivity index (χ4v) is 6.68. The Morgan fingerprint density at radius 1 is 0.976 bits per heavy atom. The molecule has 0 bridgehead atoms. The van der Waals surface area contributed by atoms with Crippen LogP contribution in [0, 0.1) is 5.92 Å². The number of rotatable bonds is 5. The third-order valence-corrected chi connectivity index (χ3v) is 9.98. The molecule has 2 aromatic carbocycles. The average molecular weight is 580 g/mol. The number of nitrogens with zero attached hydrogens (tertiary/aromatic N) is 3. The summed E-state index contributed by atoms with van der Waals surface area (Å²) in [6.07, 6.45) is 2.34. The van der Waals surface area contributed by atoms with Gasteiger partial charge in [0.1, 0.15) is 5.60 Å². The zero-order chi connectivity index (χ0) is 29.5. The monoisotopic (exact) mass is 579 g/mol. The largest absolute Gasteiger partial charge is 0.444 e. The number of carbonyl (C=O) groups is 2. The van der Waals surface area contributed by atoms with Crippen molar-refractivity contribution in [3.05, 3.63) is 64.8 Å². The lowest BCUT2D eigenvalue weighted by Crippen LogP contribution is -2.40. The highest BCUT2D eigenvalue weighted by Crippen LogP contribution is 2.34. The van der Waals surface area contributed by atoms with E-state index in [0.717, 1.165) is 53.7 Å². The first kappa shape index (κ1) is 29.2. The van der Waals surface area contributed by atoms with Crippen molar-refractivity contribution in [1.82, 2.24) is 14.4 Å². The molecule has 1 saturated heterocycles. The van der Waals surface area contributed by atoms with Crippen LogP contribution in [0.4, 0.5) is 4.79 Å². The van der Waals surface area contributed by atoms with Crippen molar-refractivity contribution < 1.29 is 22.7 Å². The van der Waals surface area contributed by atoms with Gasteiger partial charge in [0, 0.05) is 60.3 Å². The second kappa shape index (κ2) is 11.2. The summed E-state index contributed by atoms with van der Waals surface area (Å²) in [5, 5.41) is 0.967. The Labute approximate surface area is 243 Å². The normalized spacial score (nSPS) is 16.6. The van der Waals surface area contributed by atoms with Crippen molar-refractivity contribution in [3.63, 3.8) is 0 Å². The van der Waals surface area contributed by atoms with E-state index >= 15 is 0 Å². The van der Waals surface area contributed by atoms with Crippen LogP contribution in [0.3, 0.4) is 0 Å². The molecule has 5 rings (SSSR count). The summed E-state index contributed by atoms with van der Waals surface area (Å²) in [6, 6.07) is 13.0. The molecule has 0 unspecified atom stereocenters. The van der Waals surface area contributed by atoms with E-state index < -0.39 is 15.4 Å². The van der Waals surface area contributed by atoms with Gasteiger partial charge in [-0.15, -0.1) is 0 Å². The number of sulfone groups is 1. The predicted molar refractivity (Wildman–Crippen MR) is 160 cm³/mol. The Kier molecular flexibility index (Phi) is 7.94. The first-order valence-electron chi connectivity index (χ1n) is 14.6. The van der Waals surface area contributed by atoms with Gasteiger partial charge >= 0.3 is 6.09 Å². The number of piperidine rings is 1. The van der Waals surface area contributed by atoms with E-state index in [1.165, 1.54) is 0 Å². The van der Waals surface area contributed by atoms with Crippen molar-refractivity contribution in [3.8, 4) is 0 Å². The Bertz CT molecular complexity index is 1560. The molecule has 3 aromatic rings. The Morgan fingerprint density at radius 2 is 1.66 bits per heavy atom. The third kappa shape index (κ3) is 6.15. The maximum Gasteiger partial charge on any atom is 0.410 e. The summed E-state index contributed by atoms with van der Waals surface area (Å²) in [4.78, 5) is 30.5. The molecular formula is C32H41N3O5S. The van der Waals surface area contributed by atoms with Crippen molar-refractivity contribution in [2.24, 2.45) is 5.92 Å². The van der Waals surface area contributed by atoms with E-state index in [0.29, 0.717) is 42.4 Å². The minimum atomic E-state index is -3.27. The van der Waals surface area contributed by atoms with Crippen LogP contribution in [0.25, 0.3) is 10.9 Å². The molecule has 41 heavy (non-hydrogen) atoms. The highest BCUT2D eigenvalue weighted by molar-refractivity contribution is 7.91. The molecule has 0 N–H and O–H groups in total. The lowest BCUT2D eigenvalue weighted by molar-refractivity contribution is 0.0223. The van der Waals surface area contributed by atoms with Crippen molar-refractivity contribution in [2.45, 2.75) is 77.5 Å². The van der Waals surface area contributed by atoms with E-state index in [1.54, 1.807) is 24.0 Å². The fourth-order valence-electron chi connectivity index (χ4n) is 5.79. The lowest BCUT2D eigenvalue weighted by atomic mass is 9.98. The molecule has 2 amide bonds. The minimum Gasteiger partial charge on any atom is -0.444 e. The molecule has 8 nitrogen and oxygen atoms in total. The van der Waals surface area contributed by atoms with Gasteiger partial charge in [-0.1, -0.05) is 26.0 Å². The van der Waals surface area contributed by atoms with Gasteiger partial charge in [0.15, 0.2) is 9.84 Å². The number of fused-ring (bicyclic) bond motifs is 3. The number of carbonyl (C=O) groups excluding carboxylic acids is 2. The summed E-state index contributed by atoms with van der Waals surface area (Å²) in [6.45, 7) is 12.5. The van der Waals surface area contributed by atoms with Gasteiger partial charge in [0.25, 0.3) is 5.91 Å². The number of hydrogen-bond acceptors (Lipinski definition) is 5. The minimum absolute atomic E-state index is 0.0489. The summed E-state index contributed by atoms with van der Waals surface area (Å²) >= 11 is 0. The summed E-state index contributed by atoms with van der Waals surface area (Å²) < 4.78 is 32.5. The standard InChI is InChI=1S/C32H41N3O5S/c1-6-41(38,39)25-10-7-23(8-11-25)20-35-28-12-9-24(30(36)33-16-13-22(2)14-17-33)19-26(28)27-21-34(18-15-29(27)35)31(37)40-32(3,4)5/h7-12,19,22H,6,13-18,20-21H2,1-5H3. The molecule has 0 aliphatic carbocycles. The van der Waals surface area contributed by atoms with Gasteiger partial charge in [-0.25, -0.2) is 13.2 Å². The van der Waals surface area contributed by atoms with E-state index in [-0.39, 0.29) is 17.8 Å². The van der Waals surface area contributed by atoms with Crippen molar-refractivity contribution >= 4 is 32.7 Å².